The summed E-state index contributed by atoms with van der Waals surface area (Å²) in [7, 11) is 0. The van der Waals surface area contributed by atoms with Gasteiger partial charge in [-0.3, -0.25) is 9.59 Å². The van der Waals surface area contributed by atoms with Gasteiger partial charge in [-0.2, -0.15) is 0 Å². The molecular formula is C13H12FN3O2S. The highest BCUT2D eigenvalue weighted by molar-refractivity contribution is 7.11. The van der Waals surface area contributed by atoms with Crippen LogP contribution in [0.4, 0.5) is 4.39 Å². The Kier molecular flexibility index (Phi) is 4.09. The van der Waals surface area contributed by atoms with Crippen molar-refractivity contribution in [2.45, 2.75) is 13.0 Å². The molecule has 1 aromatic carbocycles. The standard InChI is InChI=1S/C13H12FN3O2S/c1-7(8-2-4-9(14)5-3-8)16-12(19)10-6-20-13(17-10)11(15)18/h2-7H,1H3,(H2,15,18)(H,16,19)/t7-/m0/s1. The van der Waals surface area contributed by atoms with E-state index >= 15 is 0 Å². The Labute approximate surface area is 118 Å². The zero-order chi connectivity index (χ0) is 14.7. The Hall–Kier alpha value is -2.28. The maximum Gasteiger partial charge on any atom is 0.277 e. The molecule has 2 aromatic rings. The van der Waals surface area contributed by atoms with Gasteiger partial charge in [-0.05, 0) is 24.6 Å². The largest absolute Gasteiger partial charge is 0.364 e. The number of nitrogens with two attached hydrogens (primary N) is 1. The Morgan fingerprint density at radius 3 is 2.55 bits per heavy atom. The quantitative estimate of drug-likeness (QED) is 0.902. The summed E-state index contributed by atoms with van der Waals surface area (Å²) in [6, 6.07) is 5.53. The van der Waals surface area contributed by atoms with E-state index < -0.39 is 11.8 Å². The van der Waals surface area contributed by atoms with Gasteiger partial charge in [-0.15, -0.1) is 11.3 Å². The molecule has 0 aliphatic carbocycles. The highest BCUT2D eigenvalue weighted by Crippen LogP contribution is 2.15. The molecule has 104 valence electrons. The average Bonchev–Trinajstić information content (AvgIpc) is 2.89. The molecule has 0 spiro atoms. The number of hydrogen-bond acceptors (Lipinski definition) is 4. The number of carbonyl (C=O) groups is 2. The lowest BCUT2D eigenvalue weighted by Gasteiger charge is -2.13. The summed E-state index contributed by atoms with van der Waals surface area (Å²) in [4.78, 5) is 26.7. The first kappa shape index (κ1) is 14.1. The van der Waals surface area contributed by atoms with E-state index in [-0.39, 0.29) is 22.6 Å². The monoisotopic (exact) mass is 293 g/mol. The Morgan fingerprint density at radius 2 is 2.00 bits per heavy atom. The third-order valence-electron chi connectivity index (χ3n) is 2.67. The Morgan fingerprint density at radius 1 is 1.35 bits per heavy atom. The summed E-state index contributed by atoms with van der Waals surface area (Å²) in [5.74, 6) is -1.41. The van der Waals surface area contributed by atoms with Gasteiger partial charge in [0.2, 0.25) is 0 Å². The van der Waals surface area contributed by atoms with Gasteiger partial charge in [-0.1, -0.05) is 12.1 Å². The SMILES string of the molecule is C[C@H](NC(=O)c1csc(C(N)=O)n1)c1ccc(F)cc1. The van der Waals surface area contributed by atoms with Crippen molar-refractivity contribution in [3.05, 3.63) is 51.7 Å². The maximum atomic E-state index is 12.8. The lowest BCUT2D eigenvalue weighted by atomic mass is 10.1. The summed E-state index contributed by atoms with van der Waals surface area (Å²) >= 11 is 1.01. The van der Waals surface area contributed by atoms with Crippen molar-refractivity contribution in [2.75, 3.05) is 0 Å². The number of hydrogen-bond donors (Lipinski definition) is 2. The predicted octanol–water partition coefficient (Wildman–Crippen LogP) is 1.87. The van der Waals surface area contributed by atoms with Gasteiger partial charge in [0.1, 0.15) is 11.5 Å². The minimum absolute atomic E-state index is 0.0876. The number of amides is 2. The third-order valence-corrected chi connectivity index (χ3v) is 3.52. The highest BCUT2D eigenvalue weighted by Gasteiger charge is 2.16. The zero-order valence-electron chi connectivity index (χ0n) is 10.6. The molecule has 3 N–H and O–H groups in total. The number of thiazole rings is 1. The summed E-state index contributed by atoms with van der Waals surface area (Å²) in [6.45, 7) is 1.77. The van der Waals surface area contributed by atoms with Crippen LogP contribution in [0, 0.1) is 5.82 Å². The van der Waals surface area contributed by atoms with Crippen molar-refractivity contribution in [2.24, 2.45) is 5.73 Å². The van der Waals surface area contributed by atoms with Crippen molar-refractivity contribution in [3.8, 4) is 0 Å². The van der Waals surface area contributed by atoms with Gasteiger partial charge in [0.05, 0.1) is 6.04 Å². The van der Waals surface area contributed by atoms with Crippen LogP contribution in [0.15, 0.2) is 29.6 Å². The van der Waals surface area contributed by atoms with Crippen molar-refractivity contribution in [3.63, 3.8) is 0 Å². The van der Waals surface area contributed by atoms with E-state index in [9.17, 15) is 14.0 Å². The number of rotatable bonds is 4. The van der Waals surface area contributed by atoms with E-state index in [4.69, 9.17) is 5.73 Å². The van der Waals surface area contributed by atoms with Crippen molar-refractivity contribution in [1.82, 2.24) is 10.3 Å². The lowest BCUT2D eigenvalue weighted by molar-refractivity contribution is 0.0935. The topological polar surface area (TPSA) is 85.1 Å². The van der Waals surface area contributed by atoms with E-state index in [2.05, 4.69) is 10.3 Å². The zero-order valence-corrected chi connectivity index (χ0v) is 11.4. The number of primary amides is 1. The van der Waals surface area contributed by atoms with Crippen LogP contribution in [0.1, 0.15) is 38.8 Å². The maximum absolute atomic E-state index is 12.8. The van der Waals surface area contributed by atoms with E-state index in [1.54, 1.807) is 19.1 Å². The van der Waals surface area contributed by atoms with Crippen molar-refractivity contribution < 1.29 is 14.0 Å². The van der Waals surface area contributed by atoms with Gasteiger partial charge in [0.25, 0.3) is 11.8 Å². The Balaban J connectivity index is 2.06. The molecular weight excluding hydrogens is 281 g/mol. The molecule has 2 rings (SSSR count). The molecule has 0 aliphatic heterocycles. The molecule has 0 radical (unpaired) electrons. The molecule has 0 aliphatic rings. The minimum Gasteiger partial charge on any atom is -0.364 e. The molecule has 5 nitrogen and oxygen atoms in total. The second kappa shape index (κ2) is 5.79. The first-order valence-corrected chi connectivity index (χ1v) is 6.67. The molecule has 0 bridgehead atoms. The molecule has 1 aromatic heterocycles. The van der Waals surface area contributed by atoms with Crippen molar-refractivity contribution >= 4 is 23.2 Å². The molecule has 0 fully saturated rings. The van der Waals surface area contributed by atoms with Crippen molar-refractivity contribution in [1.29, 1.82) is 0 Å². The normalized spacial score (nSPS) is 11.9. The Bertz CT molecular complexity index is 639. The summed E-state index contributed by atoms with van der Waals surface area (Å²) in [5.41, 5.74) is 5.98. The first-order valence-electron chi connectivity index (χ1n) is 5.79. The summed E-state index contributed by atoms with van der Waals surface area (Å²) < 4.78 is 12.8. The van der Waals surface area contributed by atoms with Gasteiger partial charge in [0, 0.05) is 5.38 Å². The number of benzene rings is 1. The van der Waals surface area contributed by atoms with E-state index in [1.165, 1.54) is 17.5 Å². The second-order valence-corrected chi connectivity index (χ2v) is 5.01. The fourth-order valence-corrected chi connectivity index (χ4v) is 2.25. The fraction of sp³-hybridized carbons (Fsp3) is 0.154. The van der Waals surface area contributed by atoms with Crippen LogP contribution in [-0.2, 0) is 0 Å². The number of aromatic nitrogens is 1. The number of nitrogens with one attached hydrogen (secondary N) is 1. The lowest BCUT2D eigenvalue weighted by Crippen LogP contribution is -2.27. The summed E-state index contributed by atoms with van der Waals surface area (Å²) in [6.07, 6.45) is 0. The smallest absolute Gasteiger partial charge is 0.277 e. The van der Waals surface area contributed by atoms with Crippen LogP contribution in [0.3, 0.4) is 0 Å². The molecule has 0 unspecified atom stereocenters. The second-order valence-electron chi connectivity index (χ2n) is 4.15. The predicted molar refractivity (Wildman–Crippen MR) is 72.9 cm³/mol. The van der Waals surface area contributed by atoms with Crippen LogP contribution in [0.25, 0.3) is 0 Å². The minimum atomic E-state index is -0.666. The molecule has 1 atom stereocenters. The van der Waals surface area contributed by atoms with Crippen LogP contribution in [-0.4, -0.2) is 16.8 Å². The average molecular weight is 293 g/mol. The molecule has 2 amide bonds. The summed E-state index contributed by atoms with van der Waals surface area (Å²) in [5, 5.41) is 4.27. The van der Waals surface area contributed by atoms with Gasteiger partial charge < -0.3 is 11.1 Å². The van der Waals surface area contributed by atoms with Gasteiger partial charge >= 0.3 is 0 Å². The molecule has 1 heterocycles. The number of carbonyl (C=O) groups excluding carboxylic acids is 2. The van der Waals surface area contributed by atoms with Crippen LogP contribution in [0.2, 0.25) is 0 Å². The van der Waals surface area contributed by atoms with Crippen LogP contribution in [0.5, 0.6) is 0 Å². The van der Waals surface area contributed by atoms with Gasteiger partial charge in [0.15, 0.2) is 5.01 Å². The fourth-order valence-electron chi connectivity index (χ4n) is 1.60. The molecule has 0 saturated carbocycles. The van der Waals surface area contributed by atoms with Crippen LogP contribution < -0.4 is 11.1 Å². The number of halogens is 1. The van der Waals surface area contributed by atoms with E-state index in [1.807, 2.05) is 0 Å². The van der Waals surface area contributed by atoms with E-state index in [0.717, 1.165) is 16.9 Å². The van der Waals surface area contributed by atoms with Gasteiger partial charge in [-0.25, -0.2) is 9.37 Å². The van der Waals surface area contributed by atoms with Crippen LogP contribution >= 0.6 is 11.3 Å². The number of nitrogens with zero attached hydrogens (tertiary/aromatic N) is 1. The van der Waals surface area contributed by atoms with E-state index in [0.29, 0.717) is 0 Å². The molecule has 7 heteroatoms. The first-order chi connectivity index (χ1) is 9.47. The highest BCUT2D eigenvalue weighted by atomic mass is 32.1. The molecule has 20 heavy (non-hydrogen) atoms. The third kappa shape index (κ3) is 3.18. The molecule has 0 saturated heterocycles.